The van der Waals surface area contributed by atoms with Gasteiger partial charge in [0.05, 0.1) is 18.5 Å². The molecule has 2 aromatic rings. The molecule has 0 radical (unpaired) electrons. The summed E-state index contributed by atoms with van der Waals surface area (Å²) < 4.78 is 38.1. The monoisotopic (exact) mass is 291 g/mol. The van der Waals surface area contributed by atoms with Crippen LogP contribution in [0.2, 0.25) is 0 Å². The highest BCUT2D eigenvalue weighted by molar-refractivity contribution is 6.01. The van der Waals surface area contributed by atoms with Gasteiger partial charge in [0.25, 0.3) is 0 Å². The average Bonchev–Trinajstić information content (AvgIpc) is 2.75. The first-order valence-corrected chi connectivity index (χ1v) is 6.49. The van der Waals surface area contributed by atoms with E-state index in [0.717, 1.165) is 17.7 Å². The van der Waals surface area contributed by atoms with Crippen LogP contribution in [-0.4, -0.2) is 5.91 Å². The van der Waals surface area contributed by atoms with E-state index in [1.807, 2.05) is 30.3 Å². The molecule has 0 bridgehead atoms. The minimum atomic E-state index is -4.38. The molecular formula is C16H12F3NO. The Bertz CT molecular complexity index is 680. The number of carbonyl (C=O) groups excluding carboxylic acids is 1. The molecule has 0 aliphatic carbocycles. The van der Waals surface area contributed by atoms with Crippen LogP contribution < -0.4 is 4.90 Å². The molecule has 0 saturated heterocycles. The predicted octanol–water partition coefficient (Wildman–Crippen LogP) is 3.79. The molecule has 108 valence electrons. The molecule has 0 fully saturated rings. The Hall–Kier alpha value is -2.30. The van der Waals surface area contributed by atoms with Crippen LogP contribution in [0.3, 0.4) is 0 Å². The van der Waals surface area contributed by atoms with Crippen molar-refractivity contribution < 1.29 is 18.0 Å². The second-order valence-corrected chi connectivity index (χ2v) is 4.98. The maximum atomic E-state index is 12.7. The van der Waals surface area contributed by atoms with Gasteiger partial charge in [-0.25, -0.2) is 0 Å². The van der Waals surface area contributed by atoms with Crippen LogP contribution in [0.1, 0.15) is 16.7 Å². The summed E-state index contributed by atoms with van der Waals surface area (Å²) in [5.74, 6) is -0.173. The van der Waals surface area contributed by atoms with E-state index in [1.165, 1.54) is 11.0 Å². The third kappa shape index (κ3) is 2.63. The SMILES string of the molecule is O=C1Cc2cc(C(F)(F)F)ccc2N1Cc1ccccc1. The minimum Gasteiger partial charge on any atom is -0.307 e. The first-order chi connectivity index (χ1) is 9.95. The zero-order chi connectivity index (χ0) is 15.0. The second-order valence-electron chi connectivity index (χ2n) is 4.98. The van der Waals surface area contributed by atoms with Crippen LogP contribution in [0, 0.1) is 0 Å². The Balaban J connectivity index is 1.92. The lowest BCUT2D eigenvalue weighted by Crippen LogP contribution is -2.25. The topological polar surface area (TPSA) is 20.3 Å². The molecule has 1 heterocycles. The molecule has 3 rings (SSSR count). The molecule has 5 heteroatoms. The van der Waals surface area contributed by atoms with Crippen molar-refractivity contribution in [1.29, 1.82) is 0 Å². The molecule has 21 heavy (non-hydrogen) atoms. The Labute approximate surface area is 119 Å². The van der Waals surface area contributed by atoms with E-state index in [2.05, 4.69) is 0 Å². The van der Waals surface area contributed by atoms with Gasteiger partial charge in [0, 0.05) is 5.69 Å². The van der Waals surface area contributed by atoms with Gasteiger partial charge in [0.15, 0.2) is 0 Å². The quantitative estimate of drug-likeness (QED) is 0.824. The van der Waals surface area contributed by atoms with Crippen molar-refractivity contribution in [3.63, 3.8) is 0 Å². The Morgan fingerprint density at radius 2 is 1.76 bits per heavy atom. The van der Waals surface area contributed by atoms with Crippen molar-refractivity contribution in [1.82, 2.24) is 0 Å². The van der Waals surface area contributed by atoms with Gasteiger partial charge >= 0.3 is 6.18 Å². The van der Waals surface area contributed by atoms with E-state index in [-0.39, 0.29) is 12.3 Å². The molecule has 0 spiro atoms. The first-order valence-electron chi connectivity index (χ1n) is 6.49. The Morgan fingerprint density at radius 3 is 2.43 bits per heavy atom. The van der Waals surface area contributed by atoms with Crippen molar-refractivity contribution >= 4 is 11.6 Å². The van der Waals surface area contributed by atoms with Crippen LogP contribution in [0.5, 0.6) is 0 Å². The number of amides is 1. The van der Waals surface area contributed by atoms with Gasteiger partial charge in [0.2, 0.25) is 5.91 Å². The van der Waals surface area contributed by atoms with Crippen LogP contribution >= 0.6 is 0 Å². The summed E-state index contributed by atoms with van der Waals surface area (Å²) in [5, 5.41) is 0. The lowest BCUT2D eigenvalue weighted by molar-refractivity contribution is -0.137. The maximum absolute atomic E-state index is 12.7. The standard InChI is InChI=1S/C16H12F3NO/c17-16(18,19)13-6-7-14-12(8-13)9-15(21)20(14)10-11-4-2-1-3-5-11/h1-8H,9-10H2. The maximum Gasteiger partial charge on any atom is 0.416 e. The van der Waals surface area contributed by atoms with Gasteiger partial charge in [-0.05, 0) is 29.3 Å². The molecule has 2 aromatic carbocycles. The zero-order valence-electron chi connectivity index (χ0n) is 11.0. The number of nitrogens with zero attached hydrogens (tertiary/aromatic N) is 1. The summed E-state index contributed by atoms with van der Waals surface area (Å²) in [6.07, 6.45) is -4.36. The van der Waals surface area contributed by atoms with Crippen molar-refractivity contribution in [3.05, 3.63) is 65.2 Å². The van der Waals surface area contributed by atoms with E-state index < -0.39 is 11.7 Å². The number of alkyl halides is 3. The number of benzene rings is 2. The number of carbonyl (C=O) groups is 1. The first kappa shape index (κ1) is 13.7. The Kier molecular flexibility index (Phi) is 3.20. The van der Waals surface area contributed by atoms with Gasteiger partial charge < -0.3 is 4.90 Å². The van der Waals surface area contributed by atoms with Crippen LogP contribution in [0.25, 0.3) is 0 Å². The smallest absolute Gasteiger partial charge is 0.307 e. The van der Waals surface area contributed by atoms with E-state index >= 15 is 0 Å². The summed E-state index contributed by atoms with van der Waals surface area (Å²) >= 11 is 0. The van der Waals surface area contributed by atoms with Crippen molar-refractivity contribution in [3.8, 4) is 0 Å². The summed E-state index contributed by atoms with van der Waals surface area (Å²) in [6.45, 7) is 0.373. The van der Waals surface area contributed by atoms with E-state index in [9.17, 15) is 18.0 Å². The van der Waals surface area contributed by atoms with Crippen molar-refractivity contribution in [2.45, 2.75) is 19.1 Å². The number of fused-ring (bicyclic) bond motifs is 1. The van der Waals surface area contributed by atoms with Gasteiger partial charge in [0.1, 0.15) is 0 Å². The molecule has 2 nitrogen and oxygen atoms in total. The van der Waals surface area contributed by atoms with Crippen LogP contribution in [0.4, 0.5) is 18.9 Å². The largest absolute Gasteiger partial charge is 0.416 e. The lowest BCUT2D eigenvalue weighted by Gasteiger charge is -2.18. The summed E-state index contributed by atoms with van der Waals surface area (Å²) in [6, 6.07) is 12.8. The minimum absolute atomic E-state index is 0.0199. The summed E-state index contributed by atoms with van der Waals surface area (Å²) in [7, 11) is 0. The van der Waals surface area contributed by atoms with Crippen molar-refractivity contribution in [2.75, 3.05) is 4.90 Å². The number of halogens is 3. The number of rotatable bonds is 2. The Morgan fingerprint density at radius 1 is 1.05 bits per heavy atom. The fourth-order valence-corrected chi connectivity index (χ4v) is 2.50. The average molecular weight is 291 g/mol. The lowest BCUT2D eigenvalue weighted by atomic mass is 10.1. The predicted molar refractivity (Wildman–Crippen MR) is 72.8 cm³/mol. The number of hydrogen-bond donors (Lipinski definition) is 0. The fraction of sp³-hybridized carbons (Fsp3) is 0.188. The van der Waals surface area contributed by atoms with Gasteiger partial charge in [-0.15, -0.1) is 0 Å². The van der Waals surface area contributed by atoms with Gasteiger partial charge in [-0.3, -0.25) is 4.79 Å². The molecule has 1 aliphatic heterocycles. The summed E-state index contributed by atoms with van der Waals surface area (Å²) in [5.41, 5.74) is 1.23. The highest BCUT2D eigenvalue weighted by Crippen LogP contribution is 2.36. The van der Waals surface area contributed by atoms with Crippen molar-refractivity contribution in [2.24, 2.45) is 0 Å². The van der Waals surface area contributed by atoms with Gasteiger partial charge in [-0.1, -0.05) is 30.3 Å². The third-order valence-electron chi connectivity index (χ3n) is 3.52. The van der Waals surface area contributed by atoms with E-state index in [1.54, 1.807) is 0 Å². The molecule has 0 atom stereocenters. The highest BCUT2D eigenvalue weighted by atomic mass is 19.4. The molecule has 0 saturated carbocycles. The third-order valence-corrected chi connectivity index (χ3v) is 3.52. The fourth-order valence-electron chi connectivity index (χ4n) is 2.50. The second kappa shape index (κ2) is 4.91. The van der Waals surface area contributed by atoms with E-state index in [0.29, 0.717) is 17.8 Å². The molecule has 0 unspecified atom stereocenters. The van der Waals surface area contributed by atoms with E-state index in [4.69, 9.17) is 0 Å². The molecule has 1 aliphatic rings. The van der Waals surface area contributed by atoms with Crippen LogP contribution in [-0.2, 0) is 23.9 Å². The molecular weight excluding hydrogens is 279 g/mol. The van der Waals surface area contributed by atoms with Crippen LogP contribution in [0.15, 0.2) is 48.5 Å². The molecule has 0 N–H and O–H groups in total. The zero-order valence-corrected chi connectivity index (χ0v) is 11.0. The molecule has 0 aromatic heterocycles. The highest BCUT2D eigenvalue weighted by Gasteiger charge is 2.34. The number of anilines is 1. The molecule has 1 amide bonds. The normalized spacial score (nSPS) is 14.4. The number of hydrogen-bond acceptors (Lipinski definition) is 1. The summed E-state index contributed by atoms with van der Waals surface area (Å²) in [4.78, 5) is 13.6. The van der Waals surface area contributed by atoms with Gasteiger partial charge in [-0.2, -0.15) is 13.2 Å².